The summed E-state index contributed by atoms with van der Waals surface area (Å²) in [6, 6.07) is 17.5. The zero-order valence-electron chi connectivity index (χ0n) is 19.0. The first-order valence-corrected chi connectivity index (χ1v) is 11.3. The first kappa shape index (κ1) is 23.7. The lowest BCUT2D eigenvalue weighted by atomic mass is 9.97. The van der Waals surface area contributed by atoms with Crippen molar-refractivity contribution in [2.24, 2.45) is 4.99 Å². The first-order valence-electron chi connectivity index (χ1n) is 11.3. The van der Waals surface area contributed by atoms with Crippen molar-refractivity contribution in [2.45, 2.75) is 44.8 Å². The number of piperidine rings is 1. The van der Waals surface area contributed by atoms with E-state index >= 15 is 0 Å². The zero-order valence-corrected chi connectivity index (χ0v) is 19.0. The highest BCUT2D eigenvalue weighted by Gasteiger charge is 2.25. The highest BCUT2D eigenvalue weighted by molar-refractivity contribution is 5.80. The van der Waals surface area contributed by atoms with E-state index in [1.165, 1.54) is 17.7 Å². The Kier molecular flexibility index (Phi) is 9.04. The fourth-order valence-corrected chi connectivity index (χ4v) is 4.03. The maximum atomic E-state index is 13.0. The molecule has 1 fully saturated rings. The molecule has 1 aliphatic heterocycles. The van der Waals surface area contributed by atoms with Crippen LogP contribution in [0, 0.1) is 5.82 Å². The molecule has 3 rings (SSSR count). The Hall–Kier alpha value is -2.93. The van der Waals surface area contributed by atoms with Crippen LogP contribution in [0.2, 0.25) is 0 Å². The van der Waals surface area contributed by atoms with Gasteiger partial charge in [-0.15, -0.1) is 0 Å². The molecule has 172 valence electrons. The molecule has 0 bridgehead atoms. The van der Waals surface area contributed by atoms with Gasteiger partial charge < -0.3 is 16.0 Å². The van der Waals surface area contributed by atoms with Crippen LogP contribution >= 0.6 is 0 Å². The van der Waals surface area contributed by atoms with Crippen molar-refractivity contribution in [3.63, 3.8) is 0 Å². The number of likely N-dealkylation sites (tertiary alicyclic amines) is 1. The number of guanidine groups is 1. The minimum atomic E-state index is -0.298. The molecule has 32 heavy (non-hydrogen) atoms. The molecule has 0 aromatic heterocycles. The Labute approximate surface area is 190 Å². The normalized spacial score (nSPS) is 19.4. The number of aliphatic imine (C=N–C) groups is 1. The van der Waals surface area contributed by atoms with E-state index in [4.69, 9.17) is 0 Å². The highest BCUT2D eigenvalue weighted by Crippen LogP contribution is 2.19. The summed E-state index contributed by atoms with van der Waals surface area (Å²) in [5.74, 6) is 0.376. The second-order valence-corrected chi connectivity index (χ2v) is 8.32. The van der Waals surface area contributed by atoms with E-state index in [9.17, 15) is 9.18 Å². The Morgan fingerprint density at radius 2 is 1.78 bits per heavy atom. The third kappa shape index (κ3) is 7.64. The summed E-state index contributed by atoms with van der Waals surface area (Å²) in [6.07, 6.45) is 2.36. The van der Waals surface area contributed by atoms with Gasteiger partial charge in [-0.1, -0.05) is 42.5 Å². The fourth-order valence-electron chi connectivity index (χ4n) is 4.03. The number of carbonyl (C=O) groups excluding carboxylic acids is 1. The van der Waals surface area contributed by atoms with Crippen LogP contribution in [-0.4, -0.2) is 55.5 Å². The Morgan fingerprint density at radius 1 is 1.06 bits per heavy atom. The topological polar surface area (TPSA) is 68.8 Å². The summed E-state index contributed by atoms with van der Waals surface area (Å²) in [7, 11) is 1.76. The number of nitrogens with zero attached hydrogens (tertiary/aromatic N) is 2. The standard InChI is InChI=1S/C25H34FN5O/c1-19-16-23(12-15-31(19)18-21-6-4-3-5-7-21)30-25(27-2)29-14-13-28-24(32)17-20-8-10-22(26)11-9-20/h3-11,19,23H,12-18H2,1-2H3,(H,28,32)(H2,27,29,30). The van der Waals surface area contributed by atoms with Gasteiger partial charge in [0.05, 0.1) is 6.42 Å². The van der Waals surface area contributed by atoms with Crippen molar-refractivity contribution in [1.29, 1.82) is 0 Å². The van der Waals surface area contributed by atoms with Crippen molar-refractivity contribution in [1.82, 2.24) is 20.9 Å². The summed E-state index contributed by atoms with van der Waals surface area (Å²) >= 11 is 0. The molecule has 7 heteroatoms. The largest absolute Gasteiger partial charge is 0.355 e. The van der Waals surface area contributed by atoms with Gasteiger partial charge in [0.2, 0.25) is 5.91 Å². The Balaban J connectivity index is 1.34. The third-order valence-electron chi connectivity index (χ3n) is 5.82. The maximum Gasteiger partial charge on any atom is 0.224 e. The van der Waals surface area contributed by atoms with E-state index in [1.807, 2.05) is 0 Å². The smallest absolute Gasteiger partial charge is 0.224 e. The number of carbonyl (C=O) groups is 1. The van der Waals surface area contributed by atoms with Crippen molar-refractivity contribution < 1.29 is 9.18 Å². The fraction of sp³-hybridized carbons (Fsp3) is 0.440. The highest BCUT2D eigenvalue weighted by atomic mass is 19.1. The van der Waals surface area contributed by atoms with E-state index in [2.05, 4.69) is 63.1 Å². The van der Waals surface area contributed by atoms with Gasteiger partial charge in [0, 0.05) is 45.3 Å². The molecular formula is C25H34FN5O. The average Bonchev–Trinajstić information content (AvgIpc) is 2.80. The molecular weight excluding hydrogens is 405 g/mol. The number of amides is 1. The number of hydrogen-bond donors (Lipinski definition) is 3. The van der Waals surface area contributed by atoms with E-state index < -0.39 is 0 Å². The Morgan fingerprint density at radius 3 is 2.47 bits per heavy atom. The van der Waals surface area contributed by atoms with Crippen LogP contribution in [0.25, 0.3) is 0 Å². The van der Waals surface area contributed by atoms with Crippen LogP contribution in [-0.2, 0) is 17.8 Å². The van der Waals surface area contributed by atoms with E-state index in [1.54, 1.807) is 19.2 Å². The van der Waals surface area contributed by atoms with Crippen LogP contribution in [0.1, 0.15) is 30.9 Å². The lowest BCUT2D eigenvalue weighted by molar-refractivity contribution is -0.120. The molecule has 2 aromatic rings. The van der Waals surface area contributed by atoms with E-state index in [0.717, 1.165) is 37.5 Å². The number of hydrogen-bond acceptors (Lipinski definition) is 3. The summed E-state index contributed by atoms with van der Waals surface area (Å²) in [4.78, 5) is 18.9. The monoisotopic (exact) mass is 439 g/mol. The van der Waals surface area contributed by atoms with Crippen LogP contribution in [0.5, 0.6) is 0 Å². The summed E-state index contributed by atoms with van der Waals surface area (Å²) in [6.45, 7) is 5.39. The molecule has 1 saturated heterocycles. The molecule has 2 unspecified atom stereocenters. The summed E-state index contributed by atoms with van der Waals surface area (Å²) in [5, 5.41) is 9.67. The van der Waals surface area contributed by atoms with E-state index in [0.29, 0.717) is 25.2 Å². The summed E-state index contributed by atoms with van der Waals surface area (Å²) in [5.41, 5.74) is 2.15. The minimum Gasteiger partial charge on any atom is -0.355 e. The van der Waals surface area contributed by atoms with Gasteiger partial charge in [0.1, 0.15) is 5.82 Å². The molecule has 0 saturated carbocycles. The summed E-state index contributed by atoms with van der Waals surface area (Å²) < 4.78 is 13.0. The molecule has 2 aromatic carbocycles. The van der Waals surface area contributed by atoms with Crippen LogP contribution in [0.4, 0.5) is 4.39 Å². The molecule has 1 aliphatic rings. The number of nitrogens with one attached hydrogen (secondary N) is 3. The van der Waals surface area contributed by atoms with Gasteiger partial charge >= 0.3 is 0 Å². The molecule has 0 radical (unpaired) electrons. The lowest BCUT2D eigenvalue weighted by Gasteiger charge is -2.38. The van der Waals surface area contributed by atoms with Gasteiger partial charge in [-0.25, -0.2) is 4.39 Å². The third-order valence-corrected chi connectivity index (χ3v) is 5.82. The van der Waals surface area contributed by atoms with Crippen LogP contribution < -0.4 is 16.0 Å². The van der Waals surface area contributed by atoms with Crippen LogP contribution in [0.15, 0.2) is 59.6 Å². The average molecular weight is 440 g/mol. The van der Waals surface area contributed by atoms with Crippen molar-refractivity contribution in [2.75, 3.05) is 26.7 Å². The lowest BCUT2D eigenvalue weighted by Crippen LogP contribution is -2.52. The van der Waals surface area contributed by atoms with Gasteiger partial charge in [-0.3, -0.25) is 14.7 Å². The second-order valence-electron chi connectivity index (χ2n) is 8.32. The van der Waals surface area contributed by atoms with Crippen molar-refractivity contribution >= 4 is 11.9 Å². The number of rotatable bonds is 8. The second kappa shape index (κ2) is 12.2. The van der Waals surface area contributed by atoms with Gasteiger partial charge in [0.25, 0.3) is 0 Å². The molecule has 6 nitrogen and oxygen atoms in total. The molecule has 1 amide bonds. The number of halogens is 1. The predicted molar refractivity (Wildman–Crippen MR) is 127 cm³/mol. The molecule has 0 aliphatic carbocycles. The SMILES string of the molecule is CN=C(NCCNC(=O)Cc1ccc(F)cc1)NC1CCN(Cc2ccccc2)C(C)C1. The zero-order chi connectivity index (χ0) is 22.8. The first-order chi connectivity index (χ1) is 15.5. The molecule has 2 atom stereocenters. The quantitative estimate of drug-likeness (QED) is 0.336. The van der Waals surface area contributed by atoms with E-state index in [-0.39, 0.29) is 18.1 Å². The minimum absolute atomic E-state index is 0.0824. The van der Waals surface area contributed by atoms with Gasteiger partial charge in [-0.05, 0) is 43.0 Å². The predicted octanol–water partition coefficient (Wildman–Crippen LogP) is 2.70. The molecule has 1 heterocycles. The number of benzene rings is 2. The van der Waals surface area contributed by atoms with Gasteiger partial charge in [0.15, 0.2) is 5.96 Å². The molecule has 0 spiro atoms. The van der Waals surface area contributed by atoms with Crippen LogP contribution in [0.3, 0.4) is 0 Å². The maximum absolute atomic E-state index is 13.0. The van der Waals surface area contributed by atoms with Crippen molar-refractivity contribution in [3.8, 4) is 0 Å². The Bertz CT molecular complexity index is 872. The van der Waals surface area contributed by atoms with Gasteiger partial charge in [-0.2, -0.15) is 0 Å². The molecule has 3 N–H and O–H groups in total. The van der Waals surface area contributed by atoms with Crippen molar-refractivity contribution in [3.05, 3.63) is 71.5 Å².